The molecule has 1 rings (SSSR count). The van der Waals surface area contributed by atoms with Crippen LogP contribution in [0.5, 0.6) is 5.75 Å². The van der Waals surface area contributed by atoms with E-state index < -0.39 is 0 Å². The average molecular weight is 279 g/mol. The van der Waals surface area contributed by atoms with Gasteiger partial charge in [0, 0.05) is 13.2 Å². The molecular formula is C16H25NO3. The minimum absolute atomic E-state index is 0.0547. The van der Waals surface area contributed by atoms with Gasteiger partial charge in [0.25, 0.3) is 5.91 Å². The van der Waals surface area contributed by atoms with Gasteiger partial charge in [0.15, 0.2) is 6.61 Å². The highest BCUT2D eigenvalue weighted by Gasteiger charge is 2.03. The zero-order valence-electron chi connectivity index (χ0n) is 12.4. The number of aliphatic hydroxyl groups is 1. The van der Waals surface area contributed by atoms with E-state index in [1.807, 2.05) is 32.0 Å². The summed E-state index contributed by atoms with van der Waals surface area (Å²) in [4.78, 5) is 11.6. The topological polar surface area (TPSA) is 58.6 Å². The van der Waals surface area contributed by atoms with E-state index in [-0.39, 0.29) is 19.1 Å². The molecule has 0 aromatic heterocycles. The molecule has 0 aliphatic heterocycles. The highest BCUT2D eigenvalue weighted by Crippen LogP contribution is 2.16. The lowest BCUT2D eigenvalue weighted by Gasteiger charge is -2.09. The predicted octanol–water partition coefficient (Wildman–Crippen LogP) is 2.35. The van der Waals surface area contributed by atoms with Gasteiger partial charge in [0.2, 0.25) is 0 Å². The number of carbonyl (C=O) groups excluding carboxylic acids is 1. The molecule has 0 bridgehead atoms. The molecule has 0 unspecified atom stereocenters. The standard InChI is InChI=1S/C16H25NO3/c1-13-7-8-15(11-14(13)2)20-12-16(19)17-9-5-3-4-6-10-18/h7-8,11,18H,3-6,9-10,12H2,1-2H3,(H,17,19). The van der Waals surface area contributed by atoms with Crippen molar-refractivity contribution in [1.82, 2.24) is 5.32 Å². The molecule has 0 aliphatic rings. The molecule has 0 fully saturated rings. The van der Waals surface area contributed by atoms with Crippen molar-refractivity contribution in [3.05, 3.63) is 29.3 Å². The minimum atomic E-state index is -0.0922. The molecule has 0 heterocycles. The molecular weight excluding hydrogens is 254 g/mol. The van der Waals surface area contributed by atoms with E-state index in [0.29, 0.717) is 6.54 Å². The maximum absolute atomic E-state index is 11.6. The molecule has 0 radical (unpaired) electrons. The average Bonchev–Trinajstić information content (AvgIpc) is 2.44. The number of unbranched alkanes of at least 4 members (excludes halogenated alkanes) is 3. The molecule has 4 heteroatoms. The van der Waals surface area contributed by atoms with E-state index in [1.165, 1.54) is 5.56 Å². The molecule has 2 N–H and O–H groups in total. The second-order valence-electron chi connectivity index (χ2n) is 5.02. The van der Waals surface area contributed by atoms with E-state index >= 15 is 0 Å². The first-order valence-electron chi connectivity index (χ1n) is 7.21. The number of nitrogens with one attached hydrogen (secondary N) is 1. The summed E-state index contributed by atoms with van der Waals surface area (Å²) in [6.07, 6.45) is 3.81. The van der Waals surface area contributed by atoms with Gasteiger partial charge in [0.1, 0.15) is 5.75 Å². The molecule has 1 aromatic carbocycles. The highest BCUT2D eigenvalue weighted by molar-refractivity contribution is 5.77. The van der Waals surface area contributed by atoms with Crippen LogP contribution in [0.2, 0.25) is 0 Å². The van der Waals surface area contributed by atoms with Gasteiger partial charge < -0.3 is 15.2 Å². The Bertz CT molecular complexity index is 418. The van der Waals surface area contributed by atoms with Crippen LogP contribution in [-0.4, -0.2) is 30.8 Å². The number of hydrogen-bond acceptors (Lipinski definition) is 3. The third kappa shape index (κ3) is 6.57. The first-order valence-corrected chi connectivity index (χ1v) is 7.21. The number of carbonyl (C=O) groups is 1. The largest absolute Gasteiger partial charge is 0.484 e. The summed E-state index contributed by atoms with van der Waals surface area (Å²) >= 11 is 0. The first kappa shape index (κ1) is 16.5. The van der Waals surface area contributed by atoms with Crippen LogP contribution >= 0.6 is 0 Å². The molecule has 4 nitrogen and oxygen atoms in total. The SMILES string of the molecule is Cc1ccc(OCC(=O)NCCCCCCO)cc1C. The summed E-state index contributed by atoms with van der Waals surface area (Å²) in [6, 6.07) is 5.81. The lowest BCUT2D eigenvalue weighted by atomic mass is 10.1. The Morgan fingerprint density at radius 3 is 2.60 bits per heavy atom. The van der Waals surface area contributed by atoms with Gasteiger partial charge in [-0.05, 0) is 49.9 Å². The molecule has 1 aromatic rings. The van der Waals surface area contributed by atoms with Gasteiger partial charge in [-0.1, -0.05) is 18.9 Å². The Labute approximate surface area is 121 Å². The Morgan fingerprint density at radius 1 is 1.15 bits per heavy atom. The molecule has 112 valence electrons. The predicted molar refractivity (Wildman–Crippen MR) is 80.0 cm³/mol. The van der Waals surface area contributed by atoms with Crippen molar-refractivity contribution in [2.45, 2.75) is 39.5 Å². The number of ether oxygens (including phenoxy) is 1. The Morgan fingerprint density at radius 2 is 1.90 bits per heavy atom. The summed E-state index contributed by atoms with van der Waals surface area (Å²) in [5.41, 5.74) is 2.37. The summed E-state index contributed by atoms with van der Waals surface area (Å²) in [5.74, 6) is 0.636. The van der Waals surface area contributed by atoms with Gasteiger partial charge in [-0.2, -0.15) is 0 Å². The smallest absolute Gasteiger partial charge is 0.257 e. The van der Waals surface area contributed by atoms with Gasteiger partial charge in [-0.25, -0.2) is 0 Å². The van der Waals surface area contributed by atoms with Crippen molar-refractivity contribution in [3.8, 4) is 5.75 Å². The van der Waals surface area contributed by atoms with E-state index in [4.69, 9.17) is 9.84 Å². The monoisotopic (exact) mass is 279 g/mol. The van der Waals surface area contributed by atoms with E-state index in [2.05, 4.69) is 5.32 Å². The zero-order valence-corrected chi connectivity index (χ0v) is 12.4. The van der Waals surface area contributed by atoms with Crippen molar-refractivity contribution in [1.29, 1.82) is 0 Å². The summed E-state index contributed by atoms with van der Waals surface area (Å²) in [7, 11) is 0. The lowest BCUT2D eigenvalue weighted by Crippen LogP contribution is -2.29. The van der Waals surface area contributed by atoms with Crippen LogP contribution < -0.4 is 10.1 Å². The number of hydrogen-bond donors (Lipinski definition) is 2. The lowest BCUT2D eigenvalue weighted by molar-refractivity contribution is -0.123. The molecule has 0 spiro atoms. The third-order valence-electron chi connectivity index (χ3n) is 3.26. The van der Waals surface area contributed by atoms with E-state index in [0.717, 1.165) is 37.0 Å². The number of benzene rings is 1. The molecule has 0 saturated carbocycles. The Balaban J connectivity index is 2.15. The summed E-state index contributed by atoms with van der Waals surface area (Å²) in [6.45, 7) is 5.03. The van der Waals surface area contributed by atoms with Crippen LogP contribution in [-0.2, 0) is 4.79 Å². The van der Waals surface area contributed by atoms with Crippen molar-refractivity contribution >= 4 is 5.91 Å². The van der Waals surface area contributed by atoms with E-state index in [9.17, 15) is 4.79 Å². The van der Waals surface area contributed by atoms with Gasteiger partial charge in [0.05, 0.1) is 0 Å². The van der Waals surface area contributed by atoms with Crippen LogP contribution in [0.15, 0.2) is 18.2 Å². The number of aryl methyl sites for hydroxylation is 2. The Hall–Kier alpha value is -1.55. The second kappa shape index (κ2) is 9.37. The van der Waals surface area contributed by atoms with E-state index in [1.54, 1.807) is 0 Å². The van der Waals surface area contributed by atoms with Crippen LogP contribution in [0.3, 0.4) is 0 Å². The van der Waals surface area contributed by atoms with Crippen molar-refractivity contribution in [2.24, 2.45) is 0 Å². The highest BCUT2D eigenvalue weighted by atomic mass is 16.5. The van der Waals surface area contributed by atoms with Crippen LogP contribution in [0.4, 0.5) is 0 Å². The first-order chi connectivity index (χ1) is 9.63. The quantitative estimate of drug-likeness (QED) is 0.682. The number of rotatable bonds is 9. The fourth-order valence-corrected chi connectivity index (χ4v) is 1.82. The van der Waals surface area contributed by atoms with Gasteiger partial charge >= 0.3 is 0 Å². The Kier molecular flexibility index (Phi) is 7.73. The fraction of sp³-hybridized carbons (Fsp3) is 0.562. The molecule has 0 aliphatic carbocycles. The summed E-state index contributed by atoms with van der Waals surface area (Å²) < 4.78 is 5.45. The van der Waals surface area contributed by atoms with Crippen LogP contribution in [0.25, 0.3) is 0 Å². The molecule has 20 heavy (non-hydrogen) atoms. The van der Waals surface area contributed by atoms with Crippen molar-refractivity contribution < 1.29 is 14.6 Å². The van der Waals surface area contributed by atoms with Crippen molar-refractivity contribution in [2.75, 3.05) is 19.8 Å². The molecule has 1 amide bonds. The molecule has 0 atom stereocenters. The van der Waals surface area contributed by atoms with Crippen molar-refractivity contribution in [3.63, 3.8) is 0 Å². The minimum Gasteiger partial charge on any atom is -0.484 e. The maximum atomic E-state index is 11.6. The van der Waals surface area contributed by atoms with Crippen LogP contribution in [0, 0.1) is 13.8 Å². The zero-order chi connectivity index (χ0) is 14.8. The summed E-state index contributed by atoms with van der Waals surface area (Å²) in [5, 5.41) is 11.5. The fourth-order valence-electron chi connectivity index (χ4n) is 1.82. The normalized spacial score (nSPS) is 10.3. The van der Waals surface area contributed by atoms with Crippen LogP contribution in [0.1, 0.15) is 36.8 Å². The van der Waals surface area contributed by atoms with Gasteiger partial charge in [-0.15, -0.1) is 0 Å². The maximum Gasteiger partial charge on any atom is 0.257 e. The molecule has 0 saturated heterocycles. The second-order valence-corrected chi connectivity index (χ2v) is 5.02. The number of amides is 1. The number of aliphatic hydroxyl groups excluding tert-OH is 1. The third-order valence-corrected chi connectivity index (χ3v) is 3.26. The van der Waals surface area contributed by atoms with Gasteiger partial charge in [-0.3, -0.25) is 4.79 Å².